The Morgan fingerprint density at radius 3 is 2.61 bits per heavy atom. The van der Waals surface area contributed by atoms with E-state index in [-0.39, 0.29) is 17.3 Å². The SMILES string of the molecule is COc1ccccc1-c1onc(C(=O)Nc2c(C)n(C)n(C3CCCCC3)c2=O)c1C. The molecule has 164 valence electrons. The van der Waals surface area contributed by atoms with E-state index in [2.05, 4.69) is 10.5 Å². The maximum absolute atomic E-state index is 13.1. The Hall–Kier alpha value is -3.29. The van der Waals surface area contributed by atoms with Crippen molar-refractivity contribution in [1.82, 2.24) is 14.5 Å². The smallest absolute Gasteiger partial charge is 0.291 e. The summed E-state index contributed by atoms with van der Waals surface area (Å²) >= 11 is 0. The van der Waals surface area contributed by atoms with E-state index < -0.39 is 5.91 Å². The molecule has 0 unspecified atom stereocenters. The van der Waals surface area contributed by atoms with Crippen molar-refractivity contribution >= 4 is 11.6 Å². The summed E-state index contributed by atoms with van der Waals surface area (Å²) in [5.41, 5.74) is 2.28. The molecule has 1 N–H and O–H groups in total. The van der Waals surface area contributed by atoms with E-state index in [1.54, 1.807) is 18.7 Å². The molecule has 1 amide bonds. The Morgan fingerprint density at radius 1 is 1.19 bits per heavy atom. The fraction of sp³-hybridized carbons (Fsp3) is 0.435. The number of anilines is 1. The predicted molar refractivity (Wildman–Crippen MR) is 118 cm³/mol. The van der Waals surface area contributed by atoms with Gasteiger partial charge in [0.1, 0.15) is 11.4 Å². The molecule has 0 saturated heterocycles. The third-order valence-corrected chi connectivity index (χ3v) is 6.24. The standard InChI is InChI=1S/C23H28N4O4/c1-14-19(25-31-21(14)17-12-8-9-13-18(17)30-4)22(28)24-20-15(2)26(3)27(23(20)29)16-10-6-5-7-11-16/h8-9,12-13,16H,5-7,10-11H2,1-4H3,(H,24,28). The summed E-state index contributed by atoms with van der Waals surface area (Å²) in [4.78, 5) is 26.2. The molecule has 2 heterocycles. The van der Waals surface area contributed by atoms with Gasteiger partial charge in [0.15, 0.2) is 11.5 Å². The molecule has 0 atom stereocenters. The van der Waals surface area contributed by atoms with Crippen molar-refractivity contribution in [3.8, 4) is 17.1 Å². The van der Waals surface area contributed by atoms with E-state index in [4.69, 9.17) is 9.26 Å². The number of hydrogen-bond donors (Lipinski definition) is 1. The number of hydrogen-bond acceptors (Lipinski definition) is 5. The first-order chi connectivity index (χ1) is 14.9. The first-order valence-corrected chi connectivity index (χ1v) is 10.6. The van der Waals surface area contributed by atoms with E-state index in [0.717, 1.165) is 31.4 Å². The Morgan fingerprint density at radius 2 is 1.90 bits per heavy atom. The average molecular weight is 425 g/mol. The molecule has 4 rings (SSSR count). The van der Waals surface area contributed by atoms with Crippen LogP contribution in [0.1, 0.15) is 59.9 Å². The first kappa shape index (κ1) is 21.0. The Labute approximate surface area is 180 Å². The number of benzene rings is 1. The summed E-state index contributed by atoms with van der Waals surface area (Å²) in [6, 6.07) is 7.55. The second-order valence-corrected chi connectivity index (χ2v) is 8.07. The van der Waals surface area contributed by atoms with Crippen LogP contribution in [0.2, 0.25) is 0 Å². The molecule has 1 saturated carbocycles. The fourth-order valence-corrected chi connectivity index (χ4v) is 4.41. The van der Waals surface area contributed by atoms with Crippen molar-refractivity contribution in [1.29, 1.82) is 0 Å². The number of rotatable bonds is 5. The van der Waals surface area contributed by atoms with Crippen molar-refractivity contribution in [2.24, 2.45) is 7.05 Å². The van der Waals surface area contributed by atoms with E-state index in [1.165, 1.54) is 6.42 Å². The lowest BCUT2D eigenvalue weighted by molar-refractivity contribution is 0.101. The van der Waals surface area contributed by atoms with Crippen LogP contribution in [0.25, 0.3) is 11.3 Å². The number of amides is 1. The minimum absolute atomic E-state index is 0.146. The summed E-state index contributed by atoms with van der Waals surface area (Å²) in [6.07, 6.45) is 5.41. The van der Waals surface area contributed by atoms with Gasteiger partial charge in [-0.1, -0.05) is 36.6 Å². The van der Waals surface area contributed by atoms with Crippen molar-refractivity contribution in [3.63, 3.8) is 0 Å². The molecule has 1 aliphatic carbocycles. The summed E-state index contributed by atoms with van der Waals surface area (Å²) in [6.45, 7) is 3.61. The maximum Gasteiger partial charge on any atom is 0.291 e. The molecular weight excluding hydrogens is 396 g/mol. The molecule has 1 aliphatic rings. The van der Waals surface area contributed by atoms with Gasteiger partial charge in [-0.05, 0) is 38.8 Å². The zero-order valence-electron chi connectivity index (χ0n) is 18.4. The van der Waals surface area contributed by atoms with Crippen LogP contribution in [-0.4, -0.2) is 27.5 Å². The second-order valence-electron chi connectivity index (χ2n) is 8.07. The number of carbonyl (C=O) groups excluding carboxylic acids is 1. The van der Waals surface area contributed by atoms with Crippen LogP contribution >= 0.6 is 0 Å². The maximum atomic E-state index is 13.1. The number of nitrogens with one attached hydrogen (secondary N) is 1. The number of aromatic nitrogens is 3. The number of para-hydroxylation sites is 1. The number of ether oxygens (including phenoxy) is 1. The van der Waals surface area contributed by atoms with Crippen LogP contribution in [0, 0.1) is 13.8 Å². The molecule has 31 heavy (non-hydrogen) atoms. The van der Waals surface area contributed by atoms with Gasteiger partial charge in [-0.2, -0.15) is 0 Å². The van der Waals surface area contributed by atoms with Gasteiger partial charge in [-0.3, -0.25) is 14.3 Å². The van der Waals surface area contributed by atoms with Crippen molar-refractivity contribution in [2.75, 3.05) is 12.4 Å². The Kier molecular flexibility index (Phi) is 5.71. The van der Waals surface area contributed by atoms with Gasteiger partial charge in [0.2, 0.25) is 0 Å². The zero-order valence-corrected chi connectivity index (χ0v) is 18.4. The zero-order chi connectivity index (χ0) is 22.1. The molecule has 1 aromatic carbocycles. The molecule has 0 bridgehead atoms. The third-order valence-electron chi connectivity index (χ3n) is 6.24. The Bertz CT molecular complexity index is 1160. The van der Waals surface area contributed by atoms with Crippen LogP contribution < -0.4 is 15.6 Å². The van der Waals surface area contributed by atoms with Gasteiger partial charge in [0, 0.05) is 12.6 Å². The molecule has 8 heteroatoms. The minimum Gasteiger partial charge on any atom is -0.496 e. The number of methoxy groups -OCH3 is 1. The summed E-state index contributed by atoms with van der Waals surface area (Å²) in [7, 11) is 3.44. The molecule has 3 aromatic rings. The van der Waals surface area contributed by atoms with Gasteiger partial charge < -0.3 is 14.6 Å². The highest BCUT2D eigenvalue weighted by Crippen LogP contribution is 2.33. The summed E-state index contributed by atoms with van der Waals surface area (Å²) in [5, 5.41) is 6.77. The third kappa shape index (κ3) is 3.66. The molecule has 1 fully saturated rings. The second kappa shape index (κ2) is 8.45. The lowest BCUT2D eigenvalue weighted by Gasteiger charge is -2.24. The van der Waals surface area contributed by atoms with Crippen molar-refractivity contribution in [2.45, 2.75) is 52.0 Å². The topological polar surface area (TPSA) is 91.3 Å². The summed E-state index contributed by atoms with van der Waals surface area (Å²) in [5.74, 6) is 0.624. The number of carbonyl (C=O) groups is 1. The highest BCUT2D eigenvalue weighted by atomic mass is 16.5. The summed E-state index contributed by atoms with van der Waals surface area (Å²) < 4.78 is 14.5. The monoisotopic (exact) mass is 424 g/mol. The molecule has 8 nitrogen and oxygen atoms in total. The lowest BCUT2D eigenvalue weighted by Crippen LogP contribution is -2.29. The van der Waals surface area contributed by atoms with Gasteiger partial charge in [-0.25, -0.2) is 4.68 Å². The van der Waals surface area contributed by atoms with Crippen LogP contribution in [-0.2, 0) is 7.05 Å². The molecular formula is C23H28N4O4. The predicted octanol–water partition coefficient (Wildman–Crippen LogP) is 4.22. The van der Waals surface area contributed by atoms with Crippen LogP contribution in [0.3, 0.4) is 0 Å². The van der Waals surface area contributed by atoms with Crippen LogP contribution in [0.4, 0.5) is 5.69 Å². The van der Waals surface area contributed by atoms with Crippen molar-refractivity contribution in [3.05, 3.63) is 51.6 Å². The van der Waals surface area contributed by atoms with Crippen LogP contribution in [0.15, 0.2) is 33.6 Å². The highest BCUT2D eigenvalue weighted by molar-refractivity contribution is 6.04. The average Bonchev–Trinajstić information content (AvgIpc) is 3.27. The van der Waals surface area contributed by atoms with E-state index in [9.17, 15) is 9.59 Å². The largest absolute Gasteiger partial charge is 0.496 e. The Balaban J connectivity index is 1.64. The van der Waals surface area contributed by atoms with Gasteiger partial charge in [-0.15, -0.1) is 0 Å². The molecule has 2 aromatic heterocycles. The minimum atomic E-state index is -0.469. The van der Waals surface area contributed by atoms with E-state index >= 15 is 0 Å². The fourth-order valence-electron chi connectivity index (χ4n) is 4.41. The highest BCUT2D eigenvalue weighted by Gasteiger charge is 2.27. The molecule has 0 aliphatic heterocycles. The lowest BCUT2D eigenvalue weighted by atomic mass is 9.96. The van der Waals surface area contributed by atoms with Crippen molar-refractivity contribution < 1.29 is 14.1 Å². The first-order valence-electron chi connectivity index (χ1n) is 10.6. The van der Waals surface area contributed by atoms with Gasteiger partial charge >= 0.3 is 0 Å². The number of nitrogens with zero attached hydrogens (tertiary/aromatic N) is 3. The normalized spacial score (nSPS) is 14.6. The molecule has 0 spiro atoms. The van der Waals surface area contributed by atoms with Crippen LogP contribution in [0.5, 0.6) is 5.75 Å². The molecule has 0 radical (unpaired) electrons. The van der Waals surface area contributed by atoms with E-state index in [0.29, 0.717) is 28.3 Å². The quantitative estimate of drug-likeness (QED) is 0.662. The van der Waals surface area contributed by atoms with Gasteiger partial charge in [0.05, 0.1) is 24.4 Å². The van der Waals surface area contributed by atoms with Gasteiger partial charge in [0.25, 0.3) is 11.5 Å². The van der Waals surface area contributed by atoms with E-state index in [1.807, 2.05) is 42.9 Å².